The van der Waals surface area contributed by atoms with Gasteiger partial charge in [0.05, 0.1) is 29.4 Å². The van der Waals surface area contributed by atoms with Crippen LogP contribution in [0.4, 0.5) is 5.69 Å². The van der Waals surface area contributed by atoms with Gasteiger partial charge in [-0.25, -0.2) is 13.1 Å². The zero-order valence-corrected chi connectivity index (χ0v) is 20.9. The van der Waals surface area contributed by atoms with E-state index in [0.29, 0.717) is 48.9 Å². The second kappa shape index (κ2) is 12.0. The summed E-state index contributed by atoms with van der Waals surface area (Å²) in [6.07, 6.45) is 6.59. The van der Waals surface area contributed by atoms with E-state index in [2.05, 4.69) is 23.6 Å². The Morgan fingerprint density at radius 1 is 1.14 bits per heavy atom. The van der Waals surface area contributed by atoms with Crippen LogP contribution in [0.1, 0.15) is 24.8 Å². The second-order valence-electron chi connectivity index (χ2n) is 8.23. The van der Waals surface area contributed by atoms with Gasteiger partial charge >= 0.3 is 0 Å². The second-order valence-corrected chi connectivity index (χ2v) is 10.2. The predicted molar refractivity (Wildman–Crippen MR) is 150 cm³/mol. The lowest BCUT2D eigenvalue weighted by Gasteiger charge is -2.26. The van der Waals surface area contributed by atoms with E-state index in [1.807, 2.05) is 31.2 Å². The highest BCUT2D eigenvalue weighted by atomic mass is 32.2. The van der Waals surface area contributed by atoms with Gasteiger partial charge in [0.15, 0.2) is 0 Å². The van der Waals surface area contributed by atoms with Gasteiger partial charge in [0.1, 0.15) is 5.69 Å². The summed E-state index contributed by atoms with van der Waals surface area (Å²) in [6.45, 7) is 10.8. The fourth-order valence-corrected chi connectivity index (χ4v) is 5.28. The van der Waals surface area contributed by atoms with Crippen molar-refractivity contribution >= 4 is 27.3 Å². The Morgan fingerprint density at radius 3 is 2.49 bits per heavy atom. The number of hydrogen-bond donors (Lipinski definition) is 1. The Hall–Kier alpha value is -3.79. The van der Waals surface area contributed by atoms with Gasteiger partial charge in [0.25, 0.3) is 5.91 Å². The van der Waals surface area contributed by atoms with Gasteiger partial charge in [0, 0.05) is 32.0 Å². The van der Waals surface area contributed by atoms with Crippen LogP contribution in [0.5, 0.6) is 0 Å². The number of anilines is 1. The van der Waals surface area contributed by atoms with Crippen LogP contribution in [-0.4, -0.2) is 54.7 Å². The first kappa shape index (κ1) is 27.8. The molecule has 1 aliphatic heterocycles. The molecule has 196 valence electrons. The number of rotatable bonds is 8. The number of ether oxygens (including phenoxy) is 1. The monoisotopic (exact) mass is 522 g/mol. The van der Waals surface area contributed by atoms with E-state index in [0.717, 1.165) is 11.1 Å². The molecule has 0 aliphatic carbocycles. The number of allylic oxidation sites excluding steroid dienone is 4. The van der Waals surface area contributed by atoms with Crippen LogP contribution >= 0.6 is 0 Å². The molecule has 37 heavy (non-hydrogen) atoms. The van der Waals surface area contributed by atoms with E-state index in [1.54, 1.807) is 41.2 Å². The number of nitrogens with zero attached hydrogens (tertiary/aromatic N) is 3. The van der Waals surface area contributed by atoms with Gasteiger partial charge in [-0.1, -0.05) is 62.6 Å². The Balaban J connectivity index is 0.00000253. The van der Waals surface area contributed by atoms with Crippen LogP contribution in [0.15, 0.2) is 91.0 Å². The van der Waals surface area contributed by atoms with Crippen molar-refractivity contribution in [1.29, 1.82) is 0 Å². The molecule has 0 bridgehead atoms. The minimum absolute atomic E-state index is 0. The number of sulfonamides is 1. The Morgan fingerprint density at radius 2 is 1.84 bits per heavy atom. The smallest absolute Gasteiger partial charge is 0.259 e. The number of aromatic nitrogens is 2. The first-order valence-corrected chi connectivity index (χ1v) is 12.9. The van der Waals surface area contributed by atoms with Gasteiger partial charge in [-0.2, -0.15) is 9.40 Å². The molecule has 0 spiro atoms. The highest BCUT2D eigenvalue weighted by molar-refractivity contribution is 7.89. The molecule has 2 aromatic carbocycles. The molecule has 1 saturated heterocycles. The summed E-state index contributed by atoms with van der Waals surface area (Å²) in [7, 11) is -3.70. The van der Waals surface area contributed by atoms with Crippen molar-refractivity contribution in [3.05, 3.63) is 97.2 Å². The van der Waals surface area contributed by atoms with E-state index in [1.165, 1.54) is 16.4 Å². The van der Waals surface area contributed by atoms with Gasteiger partial charge in [-0.3, -0.25) is 4.79 Å². The predicted octanol–water partition coefficient (Wildman–Crippen LogP) is 5.23. The number of hydrogen-bond acceptors (Lipinski definition) is 5. The van der Waals surface area contributed by atoms with E-state index in [-0.39, 0.29) is 13.7 Å². The van der Waals surface area contributed by atoms with Crippen LogP contribution in [0.25, 0.3) is 17.0 Å². The molecular weight excluding hydrogens is 488 g/mol. The van der Waals surface area contributed by atoms with Crippen molar-refractivity contribution in [1.82, 2.24) is 14.1 Å². The molecule has 1 aliphatic rings. The maximum atomic E-state index is 13.4. The summed E-state index contributed by atoms with van der Waals surface area (Å²) in [5, 5.41) is 7.47. The van der Waals surface area contributed by atoms with E-state index >= 15 is 0 Å². The van der Waals surface area contributed by atoms with Gasteiger partial charge < -0.3 is 10.1 Å². The Labute approximate surface area is 220 Å². The summed E-state index contributed by atoms with van der Waals surface area (Å²) >= 11 is 0. The third-order valence-corrected chi connectivity index (χ3v) is 7.64. The standard InChI is InChI=1S/C27H28N4O4S.CH4.H2/c1-4-7-23(5-2)31-19-25(26(29-31)21-12-10-20(3)11-13-21)27(32)28-22-8-6-9-24(18-22)36(33,34)30-14-16-35-17-15-30;;/h4-13,18-19H,1-2,14-17H2,3H3,(H,28,32);1H4;1H/b23-7+;;. The van der Waals surface area contributed by atoms with Crippen LogP contribution in [0.2, 0.25) is 0 Å². The summed E-state index contributed by atoms with van der Waals surface area (Å²) in [4.78, 5) is 13.5. The normalized spacial score (nSPS) is 14.5. The van der Waals surface area contributed by atoms with Crippen molar-refractivity contribution in [3.8, 4) is 11.3 Å². The molecule has 3 aromatic rings. The van der Waals surface area contributed by atoms with E-state index < -0.39 is 15.9 Å². The van der Waals surface area contributed by atoms with Gasteiger partial charge in [-0.15, -0.1) is 0 Å². The summed E-state index contributed by atoms with van der Waals surface area (Å²) < 4.78 is 34.3. The lowest BCUT2D eigenvalue weighted by Crippen LogP contribution is -2.40. The molecule has 0 radical (unpaired) electrons. The first-order chi connectivity index (χ1) is 17.3. The number of carbonyl (C=O) groups is 1. The average Bonchev–Trinajstić information content (AvgIpc) is 3.34. The molecule has 2 heterocycles. The lowest BCUT2D eigenvalue weighted by atomic mass is 10.1. The Kier molecular flexibility index (Phi) is 8.99. The number of benzene rings is 2. The molecule has 1 aromatic heterocycles. The van der Waals surface area contributed by atoms with Crippen LogP contribution in [0, 0.1) is 6.92 Å². The molecule has 8 nitrogen and oxygen atoms in total. The fraction of sp³-hybridized carbons (Fsp3) is 0.214. The van der Waals surface area contributed by atoms with Gasteiger partial charge in [0.2, 0.25) is 10.0 Å². The average molecular weight is 523 g/mol. The quantitative estimate of drug-likeness (QED) is 0.409. The summed E-state index contributed by atoms with van der Waals surface area (Å²) in [5.41, 5.74) is 3.69. The van der Waals surface area contributed by atoms with Crippen molar-refractivity contribution < 1.29 is 19.4 Å². The first-order valence-electron chi connectivity index (χ1n) is 11.4. The summed E-state index contributed by atoms with van der Waals surface area (Å²) in [6, 6.07) is 13.9. The number of morpholine rings is 1. The van der Waals surface area contributed by atoms with Crippen LogP contribution in [0.3, 0.4) is 0 Å². The number of nitrogens with one attached hydrogen (secondary N) is 1. The maximum absolute atomic E-state index is 13.4. The van der Waals surface area contributed by atoms with Crippen LogP contribution in [-0.2, 0) is 14.8 Å². The summed E-state index contributed by atoms with van der Waals surface area (Å²) in [5.74, 6) is -0.417. The third-order valence-electron chi connectivity index (χ3n) is 5.75. The topological polar surface area (TPSA) is 93.5 Å². The number of carbonyl (C=O) groups excluding carboxylic acids is 1. The number of amides is 1. The fourth-order valence-electron chi connectivity index (χ4n) is 3.82. The van der Waals surface area contributed by atoms with Crippen molar-refractivity contribution in [3.63, 3.8) is 0 Å². The zero-order valence-electron chi connectivity index (χ0n) is 20.1. The molecule has 0 saturated carbocycles. The molecule has 1 fully saturated rings. The number of aryl methyl sites for hydroxylation is 1. The molecule has 1 N–H and O–H groups in total. The van der Waals surface area contributed by atoms with E-state index in [4.69, 9.17) is 4.74 Å². The third kappa shape index (κ3) is 6.14. The Bertz CT molecular complexity index is 1420. The van der Waals surface area contributed by atoms with Crippen LogP contribution < -0.4 is 5.32 Å². The molecular formula is C28H34N4O4S. The van der Waals surface area contributed by atoms with E-state index in [9.17, 15) is 13.2 Å². The van der Waals surface area contributed by atoms with Crippen molar-refractivity contribution in [2.75, 3.05) is 31.6 Å². The molecule has 0 atom stereocenters. The highest BCUT2D eigenvalue weighted by Crippen LogP contribution is 2.26. The largest absolute Gasteiger partial charge is 0.379 e. The minimum Gasteiger partial charge on any atom is -0.379 e. The SMILES string of the molecule is C.C=C/C=C(\C=C)n1cc(C(=O)Nc2cccc(S(=O)(=O)N3CCOCC3)c2)c(-c2ccc(C)cc2)n1.[HH]. The lowest BCUT2D eigenvalue weighted by molar-refractivity contribution is 0.0730. The molecule has 9 heteroatoms. The maximum Gasteiger partial charge on any atom is 0.259 e. The highest BCUT2D eigenvalue weighted by Gasteiger charge is 2.27. The molecule has 0 unspecified atom stereocenters. The molecule has 1 amide bonds. The molecule has 4 rings (SSSR count). The minimum atomic E-state index is -3.70. The van der Waals surface area contributed by atoms with Gasteiger partial charge in [-0.05, 0) is 37.3 Å². The zero-order chi connectivity index (χ0) is 25.7. The van der Waals surface area contributed by atoms with Crippen molar-refractivity contribution in [2.45, 2.75) is 19.2 Å². The van der Waals surface area contributed by atoms with Crippen molar-refractivity contribution in [2.24, 2.45) is 0 Å².